The second-order valence-corrected chi connectivity index (χ2v) is 5.62. The maximum atomic E-state index is 12.1. The van der Waals surface area contributed by atoms with Crippen LogP contribution in [0.5, 0.6) is 0 Å². The van der Waals surface area contributed by atoms with Crippen molar-refractivity contribution < 1.29 is 9.90 Å². The summed E-state index contributed by atoms with van der Waals surface area (Å²) < 4.78 is 0. The summed E-state index contributed by atoms with van der Waals surface area (Å²) in [4.78, 5) is 12.1. The molecule has 1 aromatic rings. The summed E-state index contributed by atoms with van der Waals surface area (Å²) >= 11 is 0. The number of carbonyl (C=O) groups is 1. The van der Waals surface area contributed by atoms with Crippen molar-refractivity contribution in [3.8, 4) is 11.8 Å². The zero-order valence-corrected chi connectivity index (χ0v) is 11.4. The van der Waals surface area contributed by atoms with Gasteiger partial charge in [0.2, 0.25) is 5.91 Å². The standard InChI is InChI=1S/C17H19NO2/c19-10-4-7-12-5-1-2-6-13(12)11-18-17(20)16-14-8-3-9-15(14)16/h1-2,5-6,14-16,19H,3,8-11H2,(H,18,20). The summed E-state index contributed by atoms with van der Waals surface area (Å²) in [5, 5.41) is 11.8. The Morgan fingerprint density at radius 1 is 1.30 bits per heavy atom. The average molecular weight is 269 g/mol. The molecule has 2 fully saturated rings. The number of nitrogens with one attached hydrogen (secondary N) is 1. The summed E-state index contributed by atoms with van der Waals surface area (Å²) in [5.41, 5.74) is 1.88. The minimum Gasteiger partial charge on any atom is -0.384 e. The van der Waals surface area contributed by atoms with E-state index in [1.807, 2.05) is 24.3 Å². The highest BCUT2D eigenvalue weighted by molar-refractivity contribution is 5.82. The monoisotopic (exact) mass is 269 g/mol. The second kappa shape index (κ2) is 5.68. The predicted molar refractivity (Wildman–Crippen MR) is 76.6 cm³/mol. The Balaban J connectivity index is 1.60. The third-order valence-corrected chi connectivity index (χ3v) is 4.48. The molecule has 0 spiro atoms. The van der Waals surface area contributed by atoms with E-state index in [0.29, 0.717) is 18.4 Å². The lowest BCUT2D eigenvalue weighted by molar-refractivity contribution is -0.123. The van der Waals surface area contributed by atoms with Crippen LogP contribution in [0.1, 0.15) is 30.4 Å². The van der Waals surface area contributed by atoms with Crippen LogP contribution in [0.3, 0.4) is 0 Å². The molecule has 0 bridgehead atoms. The molecule has 2 saturated carbocycles. The van der Waals surface area contributed by atoms with Gasteiger partial charge in [0, 0.05) is 18.0 Å². The number of aliphatic hydroxyl groups excluding tert-OH is 1. The van der Waals surface area contributed by atoms with E-state index in [1.54, 1.807) is 0 Å². The molecule has 0 radical (unpaired) electrons. The average Bonchev–Trinajstić information content (AvgIpc) is 2.96. The first-order valence-corrected chi connectivity index (χ1v) is 7.26. The highest BCUT2D eigenvalue weighted by atomic mass is 16.2. The largest absolute Gasteiger partial charge is 0.384 e. The number of hydrogen-bond donors (Lipinski definition) is 2. The quantitative estimate of drug-likeness (QED) is 0.820. The molecular formula is C17H19NO2. The number of aliphatic hydroxyl groups is 1. The fourth-order valence-corrected chi connectivity index (χ4v) is 3.44. The number of rotatable bonds is 3. The third kappa shape index (κ3) is 2.57. The minimum absolute atomic E-state index is 0.147. The van der Waals surface area contributed by atoms with Gasteiger partial charge in [-0.15, -0.1) is 0 Å². The van der Waals surface area contributed by atoms with Gasteiger partial charge in [0.15, 0.2) is 0 Å². The molecule has 20 heavy (non-hydrogen) atoms. The van der Waals surface area contributed by atoms with Crippen molar-refractivity contribution in [3.05, 3.63) is 35.4 Å². The SMILES string of the molecule is O=C(NCc1ccccc1C#CCO)C1C2CCCC21. The van der Waals surface area contributed by atoms with E-state index in [4.69, 9.17) is 5.11 Å². The van der Waals surface area contributed by atoms with Crippen LogP contribution in [0.4, 0.5) is 0 Å². The summed E-state index contributed by atoms with van der Waals surface area (Å²) in [6.07, 6.45) is 3.74. The predicted octanol–water partition coefficient (Wildman–Crippen LogP) is 1.69. The van der Waals surface area contributed by atoms with Crippen molar-refractivity contribution in [3.63, 3.8) is 0 Å². The Morgan fingerprint density at radius 3 is 2.80 bits per heavy atom. The number of benzene rings is 1. The Morgan fingerprint density at radius 2 is 2.05 bits per heavy atom. The summed E-state index contributed by atoms with van der Waals surface area (Å²) in [7, 11) is 0. The van der Waals surface area contributed by atoms with Gasteiger partial charge in [-0.25, -0.2) is 0 Å². The highest BCUT2D eigenvalue weighted by Crippen LogP contribution is 2.57. The van der Waals surface area contributed by atoms with Crippen LogP contribution in [0.25, 0.3) is 0 Å². The van der Waals surface area contributed by atoms with Gasteiger partial charge in [-0.2, -0.15) is 0 Å². The molecule has 0 aliphatic heterocycles. The first kappa shape index (κ1) is 13.2. The molecule has 0 saturated heterocycles. The summed E-state index contributed by atoms with van der Waals surface area (Å²) in [5.74, 6) is 7.34. The van der Waals surface area contributed by atoms with Crippen LogP contribution in [-0.2, 0) is 11.3 Å². The van der Waals surface area contributed by atoms with Crippen LogP contribution >= 0.6 is 0 Å². The van der Waals surface area contributed by atoms with Gasteiger partial charge in [-0.05, 0) is 36.3 Å². The molecule has 1 amide bonds. The fraction of sp³-hybridized carbons (Fsp3) is 0.471. The van der Waals surface area contributed by atoms with E-state index >= 15 is 0 Å². The van der Waals surface area contributed by atoms with Crippen molar-refractivity contribution >= 4 is 5.91 Å². The summed E-state index contributed by atoms with van der Waals surface area (Å²) in [6, 6.07) is 7.74. The van der Waals surface area contributed by atoms with Crippen LogP contribution < -0.4 is 5.32 Å². The van der Waals surface area contributed by atoms with E-state index in [9.17, 15) is 4.79 Å². The molecule has 0 heterocycles. The molecule has 3 nitrogen and oxygen atoms in total. The number of fused-ring (bicyclic) bond motifs is 1. The molecule has 2 N–H and O–H groups in total. The third-order valence-electron chi connectivity index (χ3n) is 4.48. The number of hydrogen-bond acceptors (Lipinski definition) is 2. The van der Waals surface area contributed by atoms with E-state index < -0.39 is 0 Å². The van der Waals surface area contributed by atoms with Crippen LogP contribution in [0.2, 0.25) is 0 Å². The topological polar surface area (TPSA) is 49.3 Å². The van der Waals surface area contributed by atoms with Crippen LogP contribution in [0, 0.1) is 29.6 Å². The van der Waals surface area contributed by atoms with Gasteiger partial charge in [0.1, 0.15) is 6.61 Å². The van der Waals surface area contributed by atoms with Crippen molar-refractivity contribution in [1.29, 1.82) is 0 Å². The molecule has 3 heteroatoms. The Labute approximate surface area is 119 Å². The maximum absolute atomic E-state index is 12.1. The maximum Gasteiger partial charge on any atom is 0.223 e. The molecule has 3 rings (SSSR count). The first-order chi connectivity index (χ1) is 9.81. The van der Waals surface area contributed by atoms with Gasteiger partial charge < -0.3 is 10.4 Å². The van der Waals surface area contributed by atoms with Gasteiger partial charge in [0.05, 0.1) is 0 Å². The molecule has 2 unspecified atom stereocenters. The van der Waals surface area contributed by atoms with Gasteiger partial charge in [-0.1, -0.05) is 36.5 Å². The Hall–Kier alpha value is -1.79. The lowest BCUT2D eigenvalue weighted by Crippen LogP contribution is -2.26. The van der Waals surface area contributed by atoms with Crippen LogP contribution in [0.15, 0.2) is 24.3 Å². The number of amides is 1. The highest BCUT2D eigenvalue weighted by Gasteiger charge is 2.56. The molecule has 2 aliphatic rings. The smallest absolute Gasteiger partial charge is 0.223 e. The second-order valence-electron chi connectivity index (χ2n) is 5.62. The normalized spacial score (nSPS) is 26.4. The summed E-state index contributed by atoms with van der Waals surface area (Å²) in [6.45, 7) is 0.372. The van der Waals surface area contributed by atoms with Gasteiger partial charge in [0.25, 0.3) is 0 Å². The molecule has 0 aromatic heterocycles. The van der Waals surface area contributed by atoms with E-state index in [0.717, 1.165) is 11.1 Å². The Bertz CT molecular complexity index is 560. The van der Waals surface area contributed by atoms with Gasteiger partial charge in [-0.3, -0.25) is 4.79 Å². The van der Waals surface area contributed by atoms with Crippen molar-refractivity contribution in [2.75, 3.05) is 6.61 Å². The Kier molecular flexibility index (Phi) is 3.75. The van der Waals surface area contributed by atoms with Crippen LogP contribution in [-0.4, -0.2) is 17.6 Å². The van der Waals surface area contributed by atoms with Crippen molar-refractivity contribution in [2.45, 2.75) is 25.8 Å². The molecule has 2 atom stereocenters. The van der Waals surface area contributed by atoms with E-state index in [-0.39, 0.29) is 18.4 Å². The van der Waals surface area contributed by atoms with E-state index in [1.165, 1.54) is 19.3 Å². The molecular weight excluding hydrogens is 250 g/mol. The van der Waals surface area contributed by atoms with Crippen molar-refractivity contribution in [1.82, 2.24) is 5.32 Å². The minimum atomic E-state index is -0.147. The molecule has 1 aromatic carbocycles. The molecule has 104 valence electrons. The molecule has 2 aliphatic carbocycles. The van der Waals surface area contributed by atoms with Gasteiger partial charge >= 0.3 is 0 Å². The van der Waals surface area contributed by atoms with E-state index in [2.05, 4.69) is 17.2 Å². The van der Waals surface area contributed by atoms with Crippen molar-refractivity contribution in [2.24, 2.45) is 17.8 Å². The fourth-order valence-electron chi connectivity index (χ4n) is 3.44. The zero-order chi connectivity index (χ0) is 13.9. The lowest BCUT2D eigenvalue weighted by Gasteiger charge is -2.08. The number of carbonyl (C=O) groups excluding carboxylic acids is 1. The zero-order valence-electron chi connectivity index (χ0n) is 11.4. The lowest BCUT2D eigenvalue weighted by atomic mass is 10.1. The first-order valence-electron chi connectivity index (χ1n) is 7.26.